The molecule has 0 fully saturated rings. The summed E-state index contributed by atoms with van der Waals surface area (Å²) in [6.07, 6.45) is 14.6. The number of aryl methyl sites for hydroxylation is 1. The summed E-state index contributed by atoms with van der Waals surface area (Å²) in [5, 5.41) is 15.4. The van der Waals surface area contributed by atoms with Crippen molar-refractivity contribution in [3.05, 3.63) is 154 Å². The predicted octanol–water partition coefficient (Wildman–Crippen LogP) is 9.55. The number of fused-ring (bicyclic) bond motifs is 5. The number of nitrogens with one attached hydrogen (secondary N) is 2. The molecule has 0 saturated carbocycles. The van der Waals surface area contributed by atoms with Crippen LogP contribution in [0.1, 0.15) is 144 Å². The Bertz CT molecular complexity index is 4190. The number of aromatic nitrogens is 3. The van der Waals surface area contributed by atoms with Gasteiger partial charge in [0.1, 0.15) is 24.2 Å². The first-order valence-electron chi connectivity index (χ1n) is 30.0. The van der Waals surface area contributed by atoms with Gasteiger partial charge < -0.3 is 20.3 Å². The molecular formula is C63H78ClN8O15S4+. The molecular weight excluding hydrogens is 1270 g/mol. The zero-order valence-corrected chi connectivity index (χ0v) is 55.4. The van der Waals surface area contributed by atoms with Crippen LogP contribution >= 0.6 is 11.6 Å². The maximum Gasteiger partial charge on any atom is 0.294 e. The lowest BCUT2D eigenvalue weighted by molar-refractivity contribution is -0.438. The van der Waals surface area contributed by atoms with Crippen LogP contribution in [0.5, 0.6) is 5.75 Å². The zero-order chi connectivity index (χ0) is 66.1. The molecule has 2 amide bonds. The molecule has 23 nitrogen and oxygen atoms in total. The van der Waals surface area contributed by atoms with E-state index in [9.17, 15) is 61.5 Å². The number of aliphatic imine (C=N–C) groups is 1. The summed E-state index contributed by atoms with van der Waals surface area (Å²) in [5.41, 5.74) is 5.32. The lowest BCUT2D eigenvalue weighted by atomic mass is 9.77. The van der Waals surface area contributed by atoms with Crippen molar-refractivity contribution in [2.45, 2.75) is 138 Å². The number of benzene rings is 4. The molecule has 2 unspecified atom stereocenters. The van der Waals surface area contributed by atoms with Crippen molar-refractivity contribution < 1.29 is 70.8 Å². The van der Waals surface area contributed by atoms with E-state index >= 15 is 0 Å². The number of carbonyl (C=O) groups is 2. The molecule has 1 aromatic heterocycles. The van der Waals surface area contributed by atoms with Gasteiger partial charge in [-0.2, -0.15) is 38.2 Å². The second-order valence-electron chi connectivity index (χ2n) is 23.6. The molecule has 91 heavy (non-hydrogen) atoms. The van der Waals surface area contributed by atoms with Gasteiger partial charge >= 0.3 is 0 Å². The van der Waals surface area contributed by atoms with Crippen LogP contribution in [0, 0.1) is 6.92 Å². The molecule has 2 atom stereocenters. The van der Waals surface area contributed by atoms with Crippen LogP contribution in [-0.2, 0) is 60.9 Å². The number of hydrogen-bond acceptors (Lipinski definition) is 15. The Morgan fingerprint density at radius 3 is 1.98 bits per heavy atom. The third-order valence-electron chi connectivity index (χ3n) is 16.7. The quantitative estimate of drug-likeness (QED) is 0.0104. The first-order valence-corrected chi connectivity index (χ1v) is 36.5. The molecule has 5 aromatic rings. The molecule has 490 valence electrons. The summed E-state index contributed by atoms with van der Waals surface area (Å²) in [5.74, 6) is 0.579. The van der Waals surface area contributed by atoms with Crippen molar-refractivity contribution in [3.63, 3.8) is 0 Å². The third-order valence-corrected chi connectivity index (χ3v) is 20.2. The Morgan fingerprint density at radius 2 is 1.32 bits per heavy atom. The summed E-state index contributed by atoms with van der Waals surface area (Å²) in [6, 6.07) is 21.0. The van der Waals surface area contributed by atoms with Gasteiger partial charge in [-0.3, -0.25) is 37.4 Å². The van der Waals surface area contributed by atoms with Gasteiger partial charge in [0.15, 0.2) is 11.5 Å². The highest BCUT2D eigenvalue weighted by Gasteiger charge is 2.46. The standard InChI is InChI=1S/C63H77ClN8O15S4/c1-43-68-69-61-52(67-60(44-22-24-45(64)25-23-44)49-39-46(87-5)26-29-53(49)72(43)61)42-59(74)66-34-14-8-13-33-65-58(73)21-11-7-12-32-63(4)51-41-48(91(84,85)86)28-31-55(51)71(36-16-18-38-89(78,79)80)57(63)20-10-6-9-19-56-62(2,3)50-40-47(90(81,82)83)27-30-54(50)70(56)35-15-17-37-88(75,76)77/h6,9-10,19-20,22-31,39-41,52H,7-8,11-18,21,32-38,42H2,1-5H3,(H5-,65,66,73,74,75,76,77,78,79,80,81,82,83,84,85,86)/p+1. The Morgan fingerprint density at radius 1 is 0.692 bits per heavy atom. The van der Waals surface area contributed by atoms with Gasteiger partial charge in [-0.05, 0) is 151 Å². The fourth-order valence-electron chi connectivity index (χ4n) is 12.1. The van der Waals surface area contributed by atoms with Gasteiger partial charge in [0.05, 0.1) is 51.6 Å². The number of nitrogens with zero attached hydrogens (tertiary/aromatic N) is 6. The van der Waals surface area contributed by atoms with Gasteiger partial charge in [-0.25, -0.2) is 0 Å². The number of halogens is 1. The number of rotatable bonds is 31. The largest absolute Gasteiger partial charge is 0.497 e. The van der Waals surface area contributed by atoms with Gasteiger partial charge in [0, 0.05) is 83.1 Å². The molecule has 28 heteroatoms. The fraction of sp³-hybridized carbons (Fsp3) is 0.429. The van der Waals surface area contributed by atoms with Crippen molar-refractivity contribution in [3.8, 4) is 11.4 Å². The summed E-state index contributed by atoms with van der Waals surface area (Å²) in [4.78, 5) is 33.1. The number of methoxy groups -OCH3 is 1. The Labute approximate surface area is 537 Å². The van der Waals surface area contributed by atoms with Gasteiger partial charge in [0.2, 0.25) is 17.5 Å². The van der Waals surface area contributed by atoms with Crippen molar-refractivity contribution in [1.82, 2.24) is 25.4 Å². The number of amides is 2. The number of ether oxygens (including phenoxy) is 1. The predicted molar refractivity (Wildman–Crippen MR) is 348 cm³/mol. The van der Waals surface area contributed by atoms with Crippen LogP contribution < -0.4 is 20.3 Å². The molecule has 0 radical (unpaired) electrons. The minimum atomic E-state index is -4.64. The zero-order valence-electron chi connectivity index (χ0n) is 51.4. The first kappa shape index (κ1) is 69.9. The maximum atomic E-state index is 13.5. The second-order valence-corrected chi connectivity index (χ2v) is 30.0. The lowest BCUT2D eigenvalue weighted by Crippen LogP contribution is -2.29. The highest BCUT2D eigenvalue weighted by molar-refractivity contribution is 7.86. The average molecular weight is 1350 g/mol. The van der Waals surface area contributed by atoms with Crippen LogP contribution in [0.15, 0.2) is 130 Å². The highest BCUT2D eigenvalue weighted by Crippen LogP contribution is 2.52. The minimum Gasteiger partial charge on any atom is -0.497 e. The van der Waals surface area contributed by atoms with E-state index in [-0.39, 0.29) is 53.8 Å². The van der Waals surface area contributed by atoms with E-state index in [0.717, 1.165) is 34.6 Å². The molecule has 0 aliphatic carbocycles. The summed E-state index contributed by atoms with van der Waals surface area (Å²) in [6.45, 7) is 9.02. The van der Waals surface area contributed by atoms with Gasteiger partial charge in [-0.1, -0.05) is 54.8 Å². The van der Waals surface area contributed by atoms with E-state index < -0.39 is 68.9 Å². The molecule has 8 rings (SSSR count). The van der Waals surface area contributed by atoms with Gasteiger partial charge in [0.25, 0.3) is 40.5 Å². The number of hydrogen-bond donors (Lipinski definition) is 6. The van der Waals surface area contributed by atoms with E-state index in [1.54, 1.807) is 49.6 Å². The van der Waals surface area contributed by atoms with Crippen LogP contribution in [0.4, 0.5) is 11.4 Å². The van der Waals surface area contributed by atoms with E-state index in [4.69, 9.17) is 21.3 Å². The van der Waals surface area contributed by atoms with E-state index in [2.05, 4.69) is 20.8 Å². The van der Waals surface area contributed by atoms with Crippen molar-refractivity contribution in [2.24, 2.45) is 4.99 Å². The van der Waals surface area contributed by atoms with Crippen molar-refractivity contribution in [2.75, 3.05) is 49.7 Å². The Hall–Kier alpha value is -6.95. The third kappa shape index (κ3) is 17.6. The number of anilines is 1. The number of allylic oxidation sites excluding steroid dienone is 6. The van der Waals surface area contributed by atoms with E-state index in [1.165, 1.54) is 24.3 Å². The maximum absolute atomic E-state index is 13.5. The van der Waals surface area contributed by atoms with Crippen LogP contribution in [0.2, 0.25) is 5.02 Å². The van der Waals surface area contributed by atoms with E-state index in [1.807, 2.05) is 84.2 Å². The molecule has 0 bridgehead atoms. The number of carbonyl (C=O) groups excluding carboxylic acids is 2. The molecule has 3 aliphatic rings. The van der Waals surface area contributed by atoms with Crippen LogP contribution in [-0.4, -0.2) is 139 Å². The second kappa shape index (κ2) is 29.3. The van der Waals surface area contributed by atoms with E-state index in [0.29, 0.717) is 122 Å². The smallest absolute Gasteiger partial charge is 0.294 e. The SMILES string of the molecule is COc1ccc2c(c1)C(c1ccc(Cl)cc1)=NC(CC(=O)NCCCCCNC(=O)CCCCCC1(C)/C(=C/C=C/C=C/C3=[N+](CCCCS(=O)(=O)O)c4ccc(S(=O)(=O)O)cc4C3(C)C)N(CCCCS(=O)(=O)O)c3ccc(S(=O)(=O)O)cc31)c1nnc(C)n1-2. The first-order chi connectivity index (χ1) is 42.9. The molecule has 0 spiro atoms. The summed E-state index contributed by atoms with van der Waals surface area (Å²) >= 11 is 6.26. The topological polar surface area (TPSA) is 334 Å². The summed E-state index contributed by atoms with van der Waals surface area (Å²) in [7, 11) is -16.1. The number of unbranched alkanes of at least 4 members (excludes halogenated alkanes) is 6. The minimum absolute atomic E-state index is 0.0214. The molecule has 0 saturated heterocycles. The fourth-order valence-corrected chi connectivity index (χ4v) is 14.3. The van der Waals surface area contributed by atoms with Crippen LogP contribution in [0.25, 0.3) is 5.69 Å². The van der Waals surface area contributed by atoms with Crippen LogP contribution in [0.3, 0.4) is 0 Å². The Balaban J connectivity index is 0.886. The molecule has 3 aliphatic heterocycles. The normalized spacial score (nSPS) is 17.7. The molecule has 4 heterocycles. The molecule has 4 aromatic carbocycles. The van der Waals surface area contributed by atoms with Crippen molar-refractivity contribution >= 4 is 86.7 Å². The Kier molecular flexibility index (Phi) is 22.5. The highest BCUT2D eigenvalue weighted by atomic mass is 35.5. The average Bonchev–Trinajstić information content (AvgIpc) is 1.61. The van der Waals surface area contributed by atoms with Crippen molar-refractivity contribution in [1.29, 1.82) is 0 Å². The monoisotopic (exact) mass is 1350 g/mol. The summed E-state index contributed by atoms with van der Waals surface area (Å²) < 4.78 is 144. The molecule has 6 N–H and O–H groups in total. The van der Waals surface area contributed by atoms with Gasteiger partial charge in [-0.15, -0.1) is 10.2 Å². The lowest BCUT2D eigenvalue weighted by Gasteiger charge is -2.30.